The van der Waals surface area contributed by atoms with E-state index in [0.29, 0.717) is 17.5 Å². The molecule has 11 aromatic rings. The zero-order chi connectivity index (χ0) is 40.7. The Morgan fingerprint density at radius 1 is 0.426 bits per heavy atom. The average molecular weight is 800 g/mol. The van der Waals surface area contributed by atoms with Gasteiger partial charge < -0.3 is 4.57 Å². The van der Waals surface area contributed by atoms with Crippen molar-refractivity contribution in [1.82, 2.24) is 24.5 Å². The van der Waals surface area contributed by atoms with E-state index in [1.165, 1.54) is 43.5 Å². The van der Waals surface area contributed by atoms with Crippen molar-refractivity contribution < 1.29 is 0 Å². The quantitative estimate of drug-likeness (QED) is 0.168. The van der Waals surface area contributed by atoms with Crippen molar-refractivity contribution in [2.24, 2.45) is 0 Å². The van der Waals surface area contributed by atoms with Gasteiger partial charge in [-0.25, -0.2) is 19.9 Å². The second-order valence-electron chi connectivity index (χ2n) is 16.3. The molecule has 0 atom stereocenters. The molecule has 12 rings (SSSR count). The van der Waals surface area contributed by atoms with Gasteiger partial charge in [0.1, 0.15) is 5.01 Å². The molecule has 1 aliphatic carbocycles. The normalized spacial score (nSPS) is 12.9. The maximum atomic E-state index is 5.11. The van der Waals surface area contributed by atoms with Crippen LogP contribution in [0.4, 0.5) is 0 Å². The SMILES string of the molecule is CC1(C)c2cc(-n3c4ccc(-c5ccccc5)cc4c4cc(-c5nc(-c6ccccc6)nc(-c6ccccc6)n5)ccc43)ccc2-c2c1ccc1nc(-c3ccccc3)sc21. The molecule has 0 N–H and O–H groups in total. The number of hydrogen-bond acceptors (Lipinski definition) is 5. The van der Waals surface area contributed by atoms with E-state index in [-0.39, 0.29) is 5.41 Å². The summed E-state index contributed by atoms with van der Waals surface area (Å²) in [4.78, 5) is 20.3. The minimum atomic E-state index is -0.205. The summed E-state index contributed by atoms with van der Waals surface area (Å²) in [5.41, 5.74) is 15.8. The summed E-state index contributed by atoms with van der Waals surface area (Å²) in [7, 11) is 0. The second-order valence-corrected chi connectivity index (χ2v) is 17.3. The predicted octanol–water partition coefficient (Wildman–Crippen LogP) is 14.2. The van der Waals surface area contributed by atoms with Gasteiger partial charge in [0.15, 0.2) is 17.5 Å². The minimum absolute atomic E-state index is 0.205. The van der Waals surface area contributed by atoms with Crippen LogP contribution in [0.5, 0.6) is 0 Å². The summed E-state index contributed by atoms with van der Waals surface area (Å²) in [5, 5.41) is 3.36. The zero-order valence-corrected chi connectivity index (χ0v) is 34.4. The molecule has 0 fully saturated rings. The largest absolute Gasteiger partial charge is 0.309 e. The van der Waals surface area contributed by atoms with Gasteiger partial charge in [0.25, 0.3) is 0 Å². The monoisotopic (exact) mass is 799 g/mol. The zero-order valence-electron chi connectivity index (χ0n) is 33.5. The van der Waals surface area contributed by atoms with Crippen LogP contribution >= 0.6 is 11.3 Å². The van der Waals surface area contributed by atoms with Crippen molar-refractivity contribution in [3.63, 3.8) is 0 Å². The lowest BCUT2D eigenvalue weighted by Crippen LogP contribution is -2.15. The summed E-state index contributed by atoms with van der Waals surface area (Å²) >= 11 is 1.79. The maximum Gasteiger partial charge on any atom is 0.164 e. The number of hydrogen-bond donors (Lipinski definition) is 0. The molecule has 5 nitrogen and oxygen atoms in total. The molecule has 0 bridgehead atoms. The van der Waals surface area contributed by atoms with Gasteiger partial charge in [-0.3, -0.25) is 0 Å². The van der Waals surface area contributed by atoms with E-state index in [4.69, 9.17) is 19.9 Å². The molecule has 0 unspecified atom stereocenters. The Balaban J connectivity index is 1.05. The van der Waals surface area contributed by atoms with Crippen LogP contribution in [-0.4, -0.2) is 24.5 Å². The number of thiazole rings is 1. The smallest absolute Gasteiger partial charge is 0.164 e. The lowest BCUT2D eigenvalue weighted by Gasteiger charge is -2.22. The highest BCUT2D eigenvalue weighted by atomic mass is 32.1. The Hall–Kier alpha value is -7.54. The first-order chi connectivity index (χ1) is 30.0. The highest BCUT2D eigenvalue weighted by molar-refractivity contribution is 7.22. The van der Waals surface area contributed by atoms with Gasteiger partial charge in [0.05, 0.1) is 21.3 Å². The molecule has 288 valence electrons. The molecule has 0 spiro atoms. The van der Waals surface area contributed by atoms with Crippen LogP contribution in [0.25, 0.3) is 105 Å². The molecular weight excluding hydrogens is 763 g/mol. The van der Waals surface area contributed by atoms with Gasteiger partial charge in [0.2, 0.25) is 0 Å². The summed E-state index contributed by atoms with van der Waals surface area (Å²) in [6.07, 6.45) is 0. The molecule has 3 aromatic heterocycles. The number of rotatable bonds is 6. The Labute approximate surface area is 357 Å². The highest BCUT2D eigenvalue weighted by Crippen LogP contribution is 2.53. The Kier molecular flexibility index (Phi) is 7.99. The molecule has 0 amide bonds. The Morgan fingerprint density at radius 3 is 1.56 bits per heavy atom. The van der Waals surface area contributed by atoms with Gasteiger partial charge in [-0.05, 0) is 76.3 Å². The number of benzene rings is 8. The molecule has 0 saturated heterocycles. The molecule has 6 heteroatoms. The average Bonchev–Trinajstić information content (AvgIpc) is 3.98. The first-order valence-electron chi connectivity index (χ1n) is 20.6. The van der Waals surface area contributed by atoms with E-state index in [2.05, 4.69) is 146 Å². The molecule has 61 heavy (non-hydrogen) atoms. The third-order valence-corrected chi connectivity index (χ3v) is 13.4. The van der Waals surface area contributed by atoms with Crippen molar-refractivity contribution in [3.05, 3.63) is 199 Å². The number of fused-ring (bicyclic) bond motifs is 8. The van der Waals surface area contributed by atoms with Crippen molar-refractivity contribution in [2.75, 3.05) is 0 Å². The van der Waals surface area contributed by atoms with Gasteiger partial charge in [-0.2, -0.15) is 0 Å². The third-order valence-electron chi connectivity index (χ3n) is 12.3. The van der Waals surface area contributed by atoms with E-state index in [1.807, 2.05) is 60.7 Å². The highest BCUT2D eigenvalue weighted by Gasteiger charge is 2.37. The van der Waals surface area contributed by atoms with Crippen LogP contribution < -0.4 is 0 Å². The molecule has 8 aromatic carbocycles. The predicted molar refractivity (Wildman–Crippen MR) is 252 cm³/mol. The van der Waals surface area contributed by atoms with Crippen LogP contribution in [0.2, 0.25) is 0 Å². The molecule has 1 aliphatic rings. The summed E-state index contributed by atoms with van der Waals surface area (Å²) in [6, 6.07) is 66.5. The first kappa shape index (κ1) is 35.4. The van der Waals surface area contributed by atoms with Crippen molar-refractivity contribution in [1.29, 1.82) is 0 Å². The molecule has 0 radical (unpaired) electrons. The van der Waals surface area contributed by atoms with Crippen molar-refractivity contribution in [3.8, 4) is 72.7 Å². The van der Waals surface area contributed by atoms with E-state index < -0.39 is 0 Å². The van der Waals surface area contributed by atoms with E-state index in [9.17, 15) is 0 Å². The van der Waals surface area contributed by atoms with E-state index in [0.717, 1.165) is 54.9 Å². The van der Waals surface area contributed by atoms with Crippen LogP contribution in [-0.2, 0) is 5.41 Å². The van der Waals surface area contributed by atoms with Crippen LogP contribution in [0.1, 0.15) is 25.0 Å². The summed E-state index contributed by atoms with van der Waals surface area (Å²) in [6.45, 7) is 4.72. The van der Waals surface area contributed by atoms with E-state index in [1.54, 1.807) is 11.3 Å². The van der Waals surface area contributed by atoms with Gasteiger partial charge in [0, 0.05) is 49.7 Å². The van der Waals surface area contributed by atoms with E-state index >= 15 is 0 Å². The summed E-state index contributed by atoms with van der Waals surface area (Å²) < 4.78 is 3.68. The van der Waals surface area contributed by atoms with Gasteiger partial charge in [-0.15, -0.1) is 11.3 Å². The Bertz CT molecular complexity index is 3420. The molecule has 0 aliphatic heterocycles. The number of nitrogens with zero attached hydrogens (tertiary/aromatic N) is 5. The van der Waals surface area contributed by atoms with Crippen LogP contribution in [0.3, 0.4) is 0 Å². The lowest BCUT2D eigenvalue weighted by molar-refractivity contribution is 0.660. The fourth-order valence-electron chi connectivity index (χ4n) is 9.22. The second kappa shape index (κ2) is 13.8. The van der Waals surface area contributed by atoms with Gasteiger partial charge in [-0.1, -0.05) is 153 Å². The molecular formula is C55H37N5S. The van der Waals surface area contributed by atoms with Crippen LogP contribution in [0.15, 0.2) is 188 Å². The summed E-state index contributed by atoms with van der Waals surface area (Å²) in [5.74, 6) is 1.93. The maximum absolute atomic E-state index is 5.11. The molecule has 0 saturated carbocycles. The topological polar surface area (TPSA) is 56.5 Å². The van der Waals surface area contributed by atoms with Crippen molar-refractivity contribution >= 4 is 43.4 Å². The lowest BCUT2D eigenvalue weighted by atomic mass is 9.82. The minimum Gasteiger partial charge on any atom is -0.309 e. The first-order valence-corrected chi connectivity index (χ1v) is 21.5. The fraction of sp³-hybridized carbons (Fsp3) is 0.0545. The van der Waals surface area contributed by atoms with Crippen molar-refractivity contribution in [2.45, 2.75) is 19.3 Å². The standard InChI is InChI=1S/C55H37N5S/c1-55(2)44-27-28-46-50(61-54(56-46)37-21-13-6-14-22-37)49(44)41-26-25-40(33-45(41)55)60-47-29-23-38(34-15-7-3-8-16-34)31-42(47)43-32-39(24-30-48(43)60)53-58-51(35-17-9-4-10-18-35)57-52(59-53)36-19-11-5-12-20-36/h3-33H,1-2H3. The number of aromatic nitrogens is 5. The van der Waals surface area contributed by atoms with Gasteiger partial charge >= 0.3 is 0 Å². The molecule has 3 heterocycles. The fourth-order valence-corrected chi connectivity index (χ4v) is 10.4. The third kappa shape index (κ3) is 5.75. The van der Waals surface area contributed by atoms with Crippen LogP contribution in [0, 0.1) is 0 Å². The Morgan fingerprint density at radius 2 is 0.951 bits per heavy atom.